The molecule has 0 bridgehead atoms. The van der Waals surface area contributed by atoms with E-state index >= 15 is 0 Å². The van der Waals surface area contributed by atoms with Crippen LogP contribution in [0.25, 0.3) is 10.9 Å². The van der Waals surface area contributed by atoms with Crippen molar-refractivity contribution in [2.24, 2.45) is 0 Å². The Hall–Kier alpha value is -1.23. The Kier molecular flexibility index (Phi) is 2.82. The van der Waals surface area contributed by atoms with Gasteiger partial charge in [0.1, 0.15) is 0 Å². The number of hydrogen-bond acceptors (Lipinski definition) is 3. The Bertz CT molecular complexity index is 553. The van der Waals surface area contributed by atoms with E-state index in [0.29, 0.717) is 5.39 Å². The minimum atomic E-state index is 0.0246. The molecule has 1 aromatic heterocycles. The van der Waals surface area contributed by atoms with E-state index in [9.17, 15) is 4.79 Å². The number of para-hydroxylation sites is 1. The Morgan fingerprint density at radius 3 is 2.93 bits per heavy atom. The molecule has 0 fully saturated rings. The molecule has 0 saturated heterocycles. The van der Waals surface area contributed by atoms with Crippen LogP contribution in [0.4, 0.5) is 0 Å². The Balaban J connectivity index is 2.77. The SMILES string of the molecule is Bn1c(SCC)nc2ccccc2c1=O. The minimum Gasteiger partial charge on any atom is -0.341 e. The first-order chi connectivity index (χ1) is 7.24. The second-order valence-electron chi connectivity index (χ2n) is 3.21. The van der Waals surface area contributed by atoms with Crippen molar-refractivity contribution < 1.29 is 0 Å². The number of thioether (sulfide) groups is 1. The van der Waals surface area contributed by atoms with E-state index in [1.165, 1.54) is 0 Å². The molecule has 0 aliphatic carbocycles. The predicted molar refractivity (Wildman–Crippen MR) is 66.3 cm³/mol. The fourth-order valence-electron chi connectivity index (χ4n) is 1.46. The summed E-state index contributed by atoms with van der Waals surface area (Å²) < 4.78 is 1.61. The molecule has 2 rings (SSSR count). The molecule has 3 nitrogen and oxygen atoms in total. The van der Waals surface area contributed by atoms with Crippen molar-refractivity contribution in [2.75, 3.05) is 5.75 Å². The summed E-state index contributed by atoms with van der Waals surface area (Å²) in [6.07, 6.45) is 0. The van der Waals surface area contributed by atoms with Crippen LogP contribution < -0.4 is 5.56 Å². The van der Waals surface area contributed by atoms with Gasteiger partial charge in [-0.05, 0) is 17.9 Å². The van der Waals surface area contributed by atoms with E-state index in [1.807, 2.05) is 31.2 Å². The number of fused-ring (bicyclic) bond motifs is 1. The summed E-state index contributed by atoms with van der Waals surface area (Å²) in [5.41, 5.74) is 0.799. The smallest absolute Gasteiger partial charge is 0.249 e. The van der Waals surface area contributed by atoms with Gasteiger partial charge in [-0.1, -0.05) is 30.8 Å². The summed E-state index contributed by atoms with van der Waals surface area (Å²) in [6.45, 7) is 2.05. The Morgan fingerprint density at radius 2 is 2.20 bits per heavy atom. The molecule has 1 aromatic carbocycles. The van der Waals surface area contributed by atoms with Crippen LogP contribution in [0.15, 0.2) is 34.2 Å². The maximum Gasteiger partial charge on any atom is 0.249 e. The molecule has 76 valence electrons. The lowest BCUT2D eigenvalue weighted by Gasteiger charge is -2.07. The molecule has 0 N–H and O–H groups in total. The molecule has 0 aliphatic rings. The monoisotopic (exact) mass is 218 g/mol. The lowest BCUT2D eigenvalue weighted by Crippen LogP contribution is -2.21. The highest BCUT2D eigenvalue weighted by molar-refractivity contribution is 7.99. The Morgan fingerprint density at radius 1 is 1.47 bits per heavy atom. The van der Waals surface area contributed by atoms with Crippen molar-refractivity contribution in [3.63, 3.8) is 0 Å². The fraction of sp³-hybridized carbons (Fsp3) is 0.200. The number of rotatable bonds is 2. The molecular weight excluding hydrogens is 207 g/mol. The van der Waals surface area contributed by atoms with Crippen LogP contribution in [-0.4, -0.2) is 23.2 Å². The number of nitrogens with zero attached hydrogens (tertiary/aromatic N) is 2. The largest absolute Gasteiger partial charge is 0.341 e. The van der Waals surface area contributed by atoms with Gasteiger partial charge in [0.2, 0.25) is 13.5 Å². The van der Waals surface area contributed by atoms with Gasteiger partial charge in [-0.3, -0.25) is 4.79 Å². The maximum absolute atomic E-state index is 11.9. The third-order valence-corrected chi connectivity index (χ3v) is 3.13. The first-order valence-corrected chi connectivity index (χ1v) is 5.81. The third kappa shape index (κ3) is 1.79. The molecule has 2 aromatic rings. The molecule has 1 heterocycles. The van der Waals surface area contributed by atoms with Gasteiger partial charge in [0, 0.05) is 0 Å². The van der Waals surface area contributed by atoms with Crippen LogP contribution in [0.2, 0.25) is 0 Å². The standard InChI is InChI=1S/C10H11BN2OS/c1-2-15-10-12-8-6-4-3-5-7(8)9(14)13(10)11/h3-6H,2,11H2,1H3. The van der Waals surface area contributed by atoms with Gasteiger partial charge >= 0.3 is 0 Å². The molecule has 0 radical (unpaired) electrons. The third-order valence-electron chi connectivity index (χ3n) is 2.22. The summed E-state index contributed by atoms with van der Waals surface area (Å²) >= 11 is 1.58. The van der Waals surface area contributed by atoms with Crippen LogP contribution in [0.1, 0.15) is 6.92 Å². The summed E-state index contributed by atoms with van der Waals surface area (Å²) in [5, 5.41) is 1.46. The van der Waals surface area contributed by atoms with Crippen molar-refractivity contribution in [3.8, 4) is 0 Å². The van der Waals surface area contributed by atoms with E-state index in [-0.39, 0.29) is 5.56 Å². The van der Waals surface area contributed by atoms with Gasteiger partial charge in [0.15, 0.2) is 5.16 Å². The zero-order valence-corrected chi connectivity index (χ0v) is 9.54. The van der Waals surface area contributed by atoms with Crippen molar-refractivity contribution in [2.45, 2.75) is 12.1 Å². The summed E-state index contributed by atoms with van der Waals surface area (Å²) in [6, 6.07) is 7.44. The van der Waals surface area contributed by atoms with Crippen molar-refractivity contribution in [3.05, 3.63) is 34.6 Å². The van der Waals surface area contributed by atoms with Crippen LogP contribution >= 0.6 is 11.8 Å². The summed E-state index contributed by atoms with van der Waals surface area (Å²) in [5.74, 6) is 0.915. The highest BCUT2D eigenvalue weighted by atomic mass is 32.2. The van der Waals surface area contributed by atoms with Gasteiger partial charge in [0.05, 0.1) is 10.9 Å². The molecule has 0 saturated carbocycles. The van der Waals surface area contributed by atoms with Gasteiger partial charge in [-0.15, -0.1) is 0 Å². The van der Waals surface area contributed by atoms with E-state index in [4.69, 9.17) is 0 Å². The maximum atomic E-state index is 11.9. The second-order valence-corrected chi connectivity index (χ2v) is 4.44. The molecule has 5 heteroatoms. The summed E-state index contributed by atoms with van der Waals surface area (Å²) in [7, 11) is 1.76. The van der Waals surface area contributed by atoms with Crippen LogP contribution in [0.3, 0.4) is 0 Å². The van der Waals surface area contributed by atoms with Gasteiger partial charge in [-0.25, -0.2) is 4.98 Å². The first-order valence-electron chi connectivity index (χ1n) is 4.82. The van der Waals surface area contributed by atoms with E-state index < -0.39 is 0 Å². The molecule has 0 atom stereocenters. The van der Waals surface area contributed by atoms with Crippen LogP contribution in [-0.2, 0) is 0 Å². The molecular formula is C10H11BN2OS. The molecule has 0 amide bonds. The van der Waals surface area contributed by atoms with E-state index in [1.54, 1.807) is 24.2 Å². The van der Waals surface area contributed by atoms with E-state index in [2.05, 4.69) is 4.98 Å². The van der Waals surface area contributed by atoms with Crippen LogP contribution in [0, 0.1) is 0 Å². The molecule has 0 aliphatic heterocycles. The van der Waals surface area contributed by atoms with Crippen molar-refractivity contribution in [1.29, 1.82) is 0 Å². The zero-order chi connectivity index (χ0) is 10.8. The highest BCUT2D eigenvalue weighted by Crippen LogP contribution is 2.15. The van der Waals surface area contributed by atoms with Gasteiger partial charge < -0.3 is 4.48 Å². The van der Waals surface area contributed by atoms with Crippen LogP contribution in [0.5, 0.6) is 0 Å². The average Bonchev–Trinajstić information content (AvgIpc) is 2.26. The number of aromatic nitrogens is 2. The molecule has 0 unspecified atom stereocenters. The Labute approximate surface area is 93.0 Å². The molecule has 0 spiro atoms. The first kappa shape index (κ1) is 10.3. The predicted octanol–water partition coefficient (Wildman–Crippen LogP) is 0.905. The summed E-state index contributed by atoms with van der Waals surface area (Å²) in [4.78, 5) is 16.4. The van der Waals surface area contributed by atoms with Gasteiger partial charge in [0.25, 0.3) is 0 Å². The molecule has 15 heavy (non-hydrogen) atoms. The van der Waals surface area contributed by atoms with E-state index in [0.717, 1.165) is 16.4 Å². The fourth-order valence-corrected chi connectivity index (χ4v) is 2.15. The van der Waals surface area contributed by atoms with Crippen molar-refractivity contribution in [1.82, 2.24) is 9.46 Å². The average molecular weight is 218 g/mol. The lowest BCUT2D eigenvalue weighted by atomic mass is 10.2. The highest BCUT2D eigenvalue weighted by Gasteiger charge is 2.06. The lowest BCUT2D eigenvalue weighted by molar-refractivity contribution is 0.903. The minimum absolute atomic E-state index is 0.0246. The quantitative estimate of drug-likeness (QED) is 0.426. The normalized spacial score (nSPS) is 10.7. The second kappa shape index (κ2) is 4.10. The topological polar surface area (TPSA) is 34.9 Å². The number of benzene rings is 1. The van der Waals surface area contributed by atoms with Gasteiger partial charge in [-0.2, -0.15) is 0 Å². The zero-order valence-electron chi connectivity index (χ0n) is 8.73. The van der Waals surface area contributed by atoms with Crippen molar-refractivity contribution >= 4 is 30.6 Å². The number of hydrogen-bond donors (Lipinski definition) is 0.